The van der Waals surface area contributed by atoms with Crippen LogP contribution in [0.2, 0.25) is 0 Å². The maximum absolute atomic E-state index is 5.12. The van der Waals surface area contributed by atoms with Crippen molar-refractivity contribution in [1.82, 2.24) is 9.97 Å². The second-order valence-corrected chi connectivity index (χ2v) is 4.56. The standard InChI is InChI=1S/C15H19N3O/c1-10-5-6-11(2)12(7-10)13-8-14(16-3)18-15(17-13)9-19-4/h5-8H,9H2,1-4H3,(H,16,17,18). The Morgan fingerprint density at radius 2 is 1.95 bits per heavy atom. The van der Waals surface area contributed by atoms with Crippen molar-refractivity contribution in [2.45, 2.75) is 20.5 Å². The van der Waals surface area contributed by atoms with E-state index in [4.69, 9.17) is 4.74 Å². The fourth-order valence-electron chi connectivity index (χ4n) is 1.97. The van der Waals surface area contributed by atoms with Crippen LogP contribution in [0.4, 0.5) is 5.82 Å². The largest absolute Gasteiger partial charge is 0.377 e. The van der Waals surface area contributed by atoms with Gasteiger partial charge in [-0.1, -0.05) is 17.7 Å². The molecule has 0 fully saturated rings. The molecule has 1 aromatic heterocycles. The first-order valence-electron chi connectivity index (χ1n) is 6.26. The Hall–Kier alpha value is -1.94. The minimum Gasteiger partial charge on any atom is -0.377 e. The fraction of sp³-hybridized carbons (Fsp3) is 0.333. The minimum absolute atomic E-state index is 0.410. The Morgan fingerprint density at radius 3 is 2.63 bits per heavy atom. The number of benzene rings is 1. The number of nitrogens with zero attached hydrogens (tertiary/aromatic N) is 2. The van der Waals surface area contributed by atoms with Crippen molar-refractivity contribution in [3.05, 3.63) is 41.2 Å². The van der Waals surface area contributed by atoms with Gasteiger partial charge in [0.15, 0.2) is 5.82 Å². The summed E-state index contributed by atoms with van der Waals surface area (Å²) in [6.07, 6.45) is 0. The van der Waals surface area contributed by atoms with Gasteiger partial charge in [0.05, 0.1) is 5.69 Å². The molecule has 0 bridgehead atoms. The first kappa shape index (κ1) is 13.5. The van der Waals surface area contributed by atoms with Crippen LogP contribution in [0.1, 0.15) is 17.0 Å². The molecule has 4 heteroatoms. The van der Waals surface area contributed by atoms with Crippen LogP contribution < -0.4 is 5.32 Å². The van der Waals surface area contributed by atoms with E-state index in [1.54, 1.807) is 7.11 Å². The van der Waals surface area contributed by atoms with Gasteiger partial charge in [-0.05, 0) is 25.5 Å². The molecule has 0 aliphatic heterocycles. The fourth-order valence-corrected chi connectivity index (χ4v) is 1.97. The van der Waals surface area contributed by atoms with Gasteiger partial charge in [0, 0.05) is 25.8 Å². The van der Waals surface area contributed by atoms with E-state index in [1.807, 2.05) is 13.1 Å². The Labute approximate surface area is 113 Å². The summed E-state index contributed by atoms with van der Waals surface area (Å²) in [5, 5.41) is 3.06. The van der Waals surface area contributed by atoms with E-state index < -0.39 is 0 Å². The molecular weight excluding hydrogens is 238 g/mol. The van der Waals surface area contributed by atoms with Gasteiger partial charge in [-0.15, -0.1) is 0 Å². The average molecular weight is 257 g/mol. The third-order valence-electron chi connectivity index (χ3n) is 2.97. The Kier molecular flexibility index (Phi) is 4.12. The SMILES string of the molecule is CNc1cc(-c2cc(C)ccc2C)nc(COC)n1. The molecule has 19 heavy (non-hydrogen) atoms. The van der Waals surface area contributed by atoms with Crippen LogP contribution in [0.5, 0.6) is 0 Å². The number of nitrogens with one attached hydrogen (secondary N) is 1. The molecule has 1 aromatic carbocycles. The van der Waals surface area contributed by atoms with Crippen LogP contribution in [0, 0.1) is 13.8 Å². The van der Waals surface area contributed by atoms with Crippen LogP contribution in [0.15, 0.2) is 24.3 Å². The van der Waals surface area contributed by atoms with E-state index in [1.165, 1.54) is 11.1 Å². The second-order valence-electron chi connectivity index (χ2n) is 4.56. The summed E-state index contributed by atoms with van der Waals surface area (Å²) < 4.78 is 5.12. The van der Waals surface area contributed by atoms with Gasteiger partial charge in [-0.2, -0.15) is 0 Å². The third kappa shape index (κ3) is 3.09. The summed E-state index contributed by atoms with van der Waals surface area (Å²) in [6, 6.07) is 8.32. The predicted octanol–water partition coefficient (Wildman–Crippen LogP) is 2.95. The maximum atomic E-state index is 5.12. The number of methoxy groups -OCH3 is 1. The second kappa shape index (κ2) is 5.80. The van der Waals surface area contributed by atoms with Crippen molar-refractivity contribution in [2.24, 2.45) is 0 Å². The van der Waals surface area contributed by atoms with E-state index in [0.29, 0.717) is 12.4 Å². The average Bonchev–Trinajstić information content (AvgIpc) is 2.41. The molecule has 2 aromatic rings. The van der Waals surface area contributed by atoms with Crippen LogP contribution in [0.3, 0.4) is 0 Å². The Bertz CT molecular complexity index is 582. The zero-order valence-electron chi connectivity index (χ0n) is 11.8. The summed E-state index contributed by atoms with van der Waals surface area (Å²) in [5.74, 6) is 1.49. The molecule has 0 saturated carbocycles. The van der Waals surface area contributed by atoms with Gasteiger partial charge in [0.25, 0.3) is 0 Å². The van der Waals surface area contributed by atoms with Crippen molar-refractivity contribution in [1.29, 1.82) is 0 Å². The molecule has 0 saturated heterocycles. The molecule has 0 aliphatic rings. The summed E-state index contributed by atoms with van der Waals surface area (Å²) >= 11 is 0. The summed E-state index contributed by atoms with van der Waals surface area (Å²) in [5.41, 5.74) is 4.48. The topological polar surface area (TPSA) is 47.0 Å². The van der Waals surface area contributed by atoms with Crippen LogP contribution >= 0.6 is 0 Å². The van der Waals surface area contributed by atoms with Crippen molar-refractivity contribution in [3.63, 3.8) is 0 Å². The van der Waals surface area contributed by atoms with Crippen molar-refractivity contribution in [2.75, 3.05) is 19.5 Å². The van der Waals surface area contributed by atoms with Crippen LogP contribution in [-0.4, -0.2) is 24.1 Å². The molecular formula is C15H19N3O. The summed E-state index contributed by atoms with van der Waals surface area (Å²) in [7, 11) is 3.50. The summed E-state index contributed by atoms with van der Waals surface area (Å²) in [6.45, 7) is 4.58. The van der Waals surface area contributed by atoms with E-state index in [9.17, 15) is 0 Å². The molecule has 1 N–H and O–H groups in total. The Balaban J connectivity index is 2.54. The van der Waals surface area contributed by atoms with Gasteiger partial charge in [0.1, 0.15) is 12.4 Å². The van der Waals surface area contributed by atoms with Crippen molar-refractivity contribution in [3.8, 4) is 11.3 Å². The molecule has 100 valence electrons. The number of aryl methyl sites for hydroxylation is 2. The number of anilines is 1. The molecule has 2 rings (SSSR count). The zero-order chi connectivity index (χ0) is 13.8. The van der Waals surface area contributed by atoms with Crippen molar-refractivity contribution >= 4 is 5.82 Å². The lowest BCUT2D eigenvalue weighted by atomic mass is 10.0. The number of rotatable bonds is 4. The molecule has 1 heterocycles. The smallest absolute Gasteiger partial charge is 0.157 e. The monoisotopic (exact) mass is 257 g/mol. The molecule has 0 aliphatic carbocycles. The predicted molar refractivity (Wildman–Crippen MR) is 77.2 cm³/mol. The van der Waals surface area contributed by atoms with Crippen LogP contribution in [0.25, 0.3) is 11.3 Å². The molecule has 0 spiro atoms. The molecule has 0 unspecified atom stereocenters. The number of aromatic nitrogens is 2. The van der Waals surface area contributed by atoms with E-state index >= 15 is 0 Å². The molecule has 0 radical (unpaired) electrons. The van der Waals surface area contributed by atoms with Crippen LogP contribution in [-0.2, 0) is 11.3 Å². The first-order chi connectivity index (χ1) is 9.13. The third-order valence-corrected chi connectivity index (χ3v) is 2.97. The van der Waals surface area contributed by atoms with Gasteiger partial charge in [-0.3, -0.25) is 0 Å². The zero-order valence-corrected chi connectivity index (χ0v) is 11.8. The Morgan fingerprint density at radius 1 is 1.16 bits per heavy atom. The lowest BCUT2D eigenvalue weighted by molar-refractivity contribution is 0.178. The van der Waals surface area contributed by atoms with E-state index in [0.717, 1.165) is 17.1 Å². The highest BCUT2D eigenvalue weighted by atomic mass is 16.5. The lowest BCUT2D eigenvalue weighted by Gasteiger charge is -2.10. The highest BCUT2D eigenvalue weighted by molar-refractivity contribution is 5.66. The lowest BCUT2D eigenvalue weighted by Crippen LogP contribution is -2.03. The van der Waals surface area contributed by atoms with Crippen molar-refractivity contribution < 1.29 is 4.74 Å². The van der Waals surface area contributed by atoms with E-state index in [2.05, 4.69) is 47.3 Å². The highest BCUT2D eigenvalue weighted by Crippen LogP contribution is 2.24. The number of ether oxygens (including phenoxy) is 1. The highest BCUT2D eigenvalue weighted by Gasteiger charge is 2.08. The quantitative estimate of drug-likeness (QED) is 0.914. The molecule has 0 amide bonds. The summed E-state index contributed by atoms with van der Waals surface area (Å²) in [4.78, 5) is 8.94. The van der Waals surface area contributed by atoms with Gasteiger partial charge >= 0.3 is 0 Å². The van der Waals surface area contributed by atoms with Gasteiger partial charge in [-0.25, -0.2) is 9.97 Å². The van der Waals surface area contributed by atoms with Gasteiger partial charge in [0.2, 0.25) is 0 Å². The minimum atomic E-state index is 0.410. The molecule has 0 atom stereocenters. The maximum Gasteiger partial charge on any atom is 0.157 e. The molecule has 4 nitrogen and oxygen atoms in total. The number of hydrogen-bond acceptors (Lipinski definition) is 4. The number of hydrogen-bond donors (Lipinski definition) is 1. The normalized spacial score (nSPS) is 10.5. The van der Waals surface area contributed by atoms with Gasteiger partial charge < -0.3 is 10.1 Å². The first-order valence-corrected chi connectivity index (χ1v) is 6.26. The van der Waals surface area contributed by atoms with E-state index in [-0.39, 0.29) is 0 Å².